The van der Waals surface area contributed by atoms with Gasteiger partial charge in [-0.3, -0.25) is 14.5 Å². The summed E-state index contributed by atoms with van der Waals surface area (Å²) >= 11 is 0. The molecule has 0 N–H and O–H groups in total. The molecule has 1 aliphatic carbocycles. The maximum Gasteiger partial charge on any atom is 0.232 e. The van der Waals surface area contributed by atoms with Gasteiger partial charge in [0.1, 0.15) is 0 Å². The highest BCUT2D eigenvalue weighted by Gasteiger charge is 2.38. The molecule has 1 aliphatic heterocycles. The van der Waals surface area contributed by atoms with Crippen LogP contribution in [0.25, 0.3) is 6.08 Å². The fraction of sp³-hybridized carbons (Fsp3) is 0.280. The fourth-order valence-corrected chi connectivity index (χ4v) is 4.15. The molecular weight excluding hydrogens is 346 g/mol. The van der Waals surface area contributed by atoms with Crippen LogP contribution >= 0.6 is 0 Å². The topological polar surface area (TPSA) is 37.4 Å². The molecule has 28 heavy (non-hydrogen) atoms. The summed E-state index contributed by atoms with van der Waals surface area (Å²) in [4.78, 5) is 27.7. The van der Waals surface area contributed by atoms with Crippen molar-refractivity contribution < 1.29 is 9.59 Å². The second kappa shape index (κ2) is 7.59. The van der Waals surface area contributed by atoms with Gasteiger partial charge in [0.15, 0.2) is 5.78 Å². The number of benzene rings is 2. The fourth-order valence-electron chi connectivity index (χ4n) is 4.15. The Morgan fingerprint density at radius 1 is 0.964 bits per heavy atom. The Bertz CT molecular complexity index is 985. The predicted molar refractivity (Wildman–Crippen MR) is 113 cm³/mol. The summed E-state index contributed by atoms with van der Waals surface area (Å²) in [5.74, 6) is 0.114. The van der Waals surface area contributed by atoms with Crippen molar-refractivity contribution in [3.05, 3.63) is 82.6 Å². The largest absolute Gasteiger partial charge is 0.294 e. The molecule has 0 spiro atoms. The number of carbonyl (C=O) groups excluding carboxylic acids is 2. The van der Waals surface area contributed by atoms with Gasteiger partial charge in [0, 0.05) is 35.7 Å². The zero-order chi connectivity index (χ0) is 19.7. The number of hydrogen-bond acceptors (Lipinski definition) is 2. The average Bonchev–Trinajstić information content (AvgIpc) is 2.69. The van der Waals surface area contributed by atoms with Crippen LogP contribution in [-0.2, 0) is 9.59 Å². The number of ketones is 1. The van der Waals surface area contributed by atoms with Crippen molar-refractivity contribution in [1.82, 2.24) is 0 Å². The van der Waals surface area contributed by atoms with Crippen LogP contribution in [0.4, 0.5) is 5.69 Å². The average molecular weight is 371 g/mol. The summed E-state index contributed by atoms with van der Waals surface area (Å²) < 4.78 is 0. The molecule has 0 fully saturated rings. The Labute approximate surface area is 166 Å². The normalized spacial score (nSPS) is 20.1. The first-order valence-corrected chi connectivity index (χ1v) is 9.94. The number of rotatable bonds is 3. The maximum atomic E-state index is 13.1. The Morgan fingerprint density at radius 3 is 2.50 bits per heavy atom. The van der Waals surface area contributed by atoms with Gasteiger partial charge in [-0.1, -0.05) is 48.6 Å². The maximum absolute atomic E-state index is 13.1. The highest BCUT2D eigenvalue weighted by Crippen LogP contribution is 2.40. The predicted octanol–water partition coefficient (Wildman–Crippen LogP) is 5.38. The van der Waals surface area contributed by atoms with Gasteiger partial charge in [-0.2, -0.15) is 0 Å². The summed E-state index contributed by atoms with van der Waals surface area (Å²) in [5.41, 5.74) is 6.04. The molecule has 1 unspecified atom stereocenters. The summed E-state index contributed by atoms with van der Waals surface area (Å²) in [6, 6.07) is 16.1. The van der Waals surface area contributed by atoms with E-state index in [0.717, 1.165) is 40.9 Å². The number of allylic oxidation sites excluding steroid dienone is 3. The zero-order valence-corrected chi connectivity index (χ0v) is 16.4. The minimum atomic E-state index is -0.140. The number of hydrogen-bond donors (Lipinski definition) is 0. The zero-order valence-electron chi connectivity index (χ0n) is 16.4. The van der Waals surface area contributed by atoms with E-state index in [4.69, 9.17) is 0 Å². The van der Waals surface area contributed by atoms with Gasteiger partial charge in [0.25, 0.3) is 0 Å². The molecule has 1 heterocycles. The first-order valence-electron chi connectivity index (χ1n) is 9.94. The van der Waals surface area contributed by atoms with Gasteiger partial charge in [-0.15, -0.1) is 0 Å². The molecule has 4 rings (SSSR count). The third kappa shape index (κ3) is 3.45. The molecule has 2 aliphatic rings. The number of amides is 1. The number of aryl methyl sites for hydroxylation is 2. The number of nitrogens with zero attached hydrogens (tertiary/aromatic N) is 1. The van der Waals surface area contributed by atoms with E-state index in [0.29, 0.717) is 12.8 Å². The molecule has 1 amide bonds. The van der Waals surface area contributed by atoms with Crippen molar-refractivity contribution in [3.8, 4) is 0 Å². The van der Waals surface area contributed by atoms with Crippen LogP contribution in [0.2, 0.25) is 0 Å². The Kier molecular flexibility index (Phi) is 4.99. The monoisotopic (exact) mass is 371 g/mol. The van der Waals surface area contributed by atoms with Crippen molar-refractivity contribution >= 4 is 23.5 Å². The van der Waals surface area contributed by atoms with E-state index in [9.17, 15) is 9.59 Å². The van der Waals surface area contributed by atoms with Crippen molar-refractivity contribution in [2.75, 3.05) is 4.90 Å². The third-order valence-electron chi connectivity index (χ3n) is 5.78. The van der Waals surface area contributed by atoms with Crippen molar-refractivity contribution in [2.45, 2.75) is 39.5 Å². The van der Waals surface area contributed by atoms with Crippen LogP contribution in [0.1, 0.15) is 42.4 Å². The van der Waals surface area contributed by atoms with Crippen molar-refractivity contribution in [1.29, 1.82) is 0 Å². The summed E-state index contributed by atoms with van der Waals surface area (Å²) in [6.45, 7) is 4.12. The van der Waals surface area contributed by atoms with Crippen LogP contribution in [0.15, 0.2) is 65.9 Å². The van der Waals surface area contributed by atoms with Crippen molar-refractivity contribution in [2.24, 2.45) is 5.92 Å². The number of carbonyl (C=O) groups is 2. The first-order chi connectivity index (χ1) is 13.5. The molecule has 3 nitrogen and oxygen atoms in total. The molecule has 0 bridgehead atoms. The molecular formula is C25H25NO2. The Morgan fingerprint density at radius 2 is 1.75 bits per heavy atom. The van der Waals surface area contributed by atoms with Gasteiger partial charge >= 0.3 is 0 Å². The summed E-state index contributed by atoms with van der Waals surface area (Å²) in [5, 5.41) is 0. The minimum Gasteiger partial charge on any atom is -0.294 e. The van der Waals surface area contributed by atoms with Crippen LogP contribution < -0.4 is 4.90 Å². The Balaban J connectivity index is 1.76. The minimum absolute atomic E-state index is 0.0689. The number of Topliss-reactive ketones (excluding diaryl/α,β-unsaturated/α-hetero) is 1. The molecule has 3 heteroatoms. The second-order valence-electron chi connectivity index (χ2n) is 7.72. The van der Waals surface area contributed by atoms with Gasteiger partial charge in [0.05, 0.1) is 0 Å². The van der Waals surface area contributed by atoms with E-state index in [1.807, 2.05) is 54.6 Å². The smallest absolute Gasteiger partial charge is 0.232 e. The summed E-state index contributed by atoms with van der Waals surface area (Å²) in [7, 11) is 0. The lowest BCUT2D eigenvalue weighted by atomic mass is 9.80. The van der Waals surface area contributed by atoms with E-state index in [-0.39, 0.29) is 17.6 Å². The van der Waals surface area contributed by atoms with E-state index in [2.05, 4.69) is 19.9 Å². The van der Waals surface area contributed by atoms with Gasteiger partial charge in [-0.05, 0) is 55.5 Å². The third-order valence-corrected chi connectivity index (χ3v) is 5.78. The Hall–Kier alpha value is -2.94. The van der Waals surface area contributed by atoms with E-state index >= 15 is 0 Å². The lowest BCUT2D eigenvalue weighted by molar-refractivity contribution is -0.120. The van der Waals surface area contributed by atoms with E-state index in [1.165, 1.54) is 5.56 Å². The SMILES string of the molecule is Cc1ccc(N2C(=O)CC(/C=C/c3ccccc3)C3=C2CCCC3=O)cc1C. The van der Waals surface area contributed by atoms with Crippen LogP contribution in [-0.4, -0.2) is 11.7 Å². The van der Waals surface area contributed by atoms with Crippen LogP contribution in [0.3, 0.4) is 0 Å². The molecule has 142 valence electrons. The van der Waals surface area contributed by atoms with Crippen LogP contribution in [0, 0.1) is 19.8 Å². The highest BCUT2D eigenvalue weighted by atomic mass is 16.2. The van der Waals surface area contributed by atoms with Crippen molar-refractivity contribution in [3.63, 3.8) is 0 Å². The van der Waals surface area contributed by atoms with Crippen LogP contribution in [0.5, 0.6) is 0 Å². The summed E-state index contributed by atoms with van der Waals surface area (Å²) in [6.07, 6.45) is 6.54. The van der Waals surface area contributed by atoms with E-state index < -0.39 is 0 Å². The van der Waals surface area contributed by atoms with Gasteiger partial charge in [0.2, 0.25) is 5.91 Å². The molecule has 0 saturated carbocycles. The second-order valence-corrected chi connectivity index (χ2v) is 7.72. The molecule has 1 atom stereocenters. The standard InChI is InChI=1S/C25H25NO2/c1-17-11-14-21(15-18(17)2)26-22-9-6-10-23(27)25(22)20(16-24(26)28)13-12-19-7-4-3-5-8-19/h3-5,7-8,11-15,20H,6,9-10,16H2,1-2H3/b13-12+. The first kappa shape index (κ1) is 18.4. The molecule has 0 saturated heterocycles. The lowest BCUT2D eigenvalue weighted by Crippen LogP contribution is -2.40. The quantitative estimate of drug-likeness (QED) is 0.727. The highest BCUT2D eigenvalue weighted by molar-refractivity contribution is 6.06. The molecule has 2 aromatic rings. The van der Waals surface area contributed by atoms with E-state index in [1.54, 1.807) is 4.90 Å². The molecule has 0 radical (unpaired) electrons. The number of anilines is 1. The van der Waals surface area contributed by atoms with Gasteiger partial charge in [-0.25, -0.2) is 0 Å². The molecule has 2 aromatic carbocycles. The lowest BCUT2D eigenvalue weighted by Gasteiger charge is -2.37. The molecule has 0 aromatic heterocycles. The van der Waals surface area contributed by atoms with Gasteiger partial charge < -0.3 is 0 Å².